The molecule has 0 saturated heterocycles. The number of hydrogen-bond acceptors (Lipinski definition) is 6. The zero-order valence-electron chi connectivity index (χ0n) is 15.5. The number of carbonyl (C=O) groups excluding carboxylic acids is 3. The summed E-state index contributed by atoms with van der Waals surface area (Å²) >= 11 is 3.39. The maximum Gasteiger partial charge on any atom is 0.343 e. The van der Waals surface area contributed by atoms with Gasteiger partial charge < -0.3 is 13.9 Å². The van der Waals surface area contributed by atoms with Crippen LogP contribution in [0.2, 0.25) is 0 Å². The minimum Gasteiger partial charge on any atom is -0.462 e. The molecule has 7 heteroatoms. The van der Waals surface area contributed by atoms with Crippen LogP contribution in [0.3, 0.4) is 0 Å². The topological polar surface area (TPSA) is 82.8 Å². The lowest BCUT2D eigenvalue weighted by Gasteiger charge is -2.10. The van der Waals surface area contributed by atoms with E-state index in [1.54, 1.807) is 32.0 Å². The van der Waals surface area contributed by atoms with Gasteiger partial charge in [0.25, 0.3) is 0 Å². The number of aryl methyl sites for hydroxylation is 2. The summed E-state index contributed by atoms with van der Waals surface area (Å²) in [4.78, 5) is 36.4. The van der Waals surface area contributed by atoms with E-state index in [-0.39, 0.29) is 23.7 Å². The highest BCUT2D eigenvalue weighted by Crippen LogP contribution is 2.40. The van der Waals surface area contributed by atoms with E-state index in [9.17, 15) is 14.4 Å². The van der Waals surface area contributed by atoms with Crippen LogP contribution in [0.5, 0.6) is 5.75 Å². The number of fused-ring (bicyclic) bond motifs is 1. The average molecular weight is 445 g/mol. The Bertz CT molecular complexity index is 1100. The number of halogens is 1. The maximum absolute atomic E-state index is 12.6. The van der Waals surface area contributed by atoms with Crippen molar-refractivity contribution < 1.29 is 28.3 Å². The minimum atomic E-state index is -0.689. The third kappa shape index (κ3) is 3.45. The molecule has 3 rings (SSSR count). The Hall–Kier alpha value is -2.93. The molecule has 0 aliphatic heterocycles. The van der Waals surface area contributed by atoms with Crippen LogP contribution < -0.4 is 4.74 Å². The molecule has 0 aliphatic carbocycles. The van der Waals surface area contributed by atoms with Gasteiger partial charge >= 0.3 is 11.9 Å². The summed E-state index contributed by atoms with van der Waals surface area (Å²) in [5, 5.41) is 0.327. The fraction of sp³-hybridized carbons (Fsp3) is 0.190. The molecule has 0 atom stereocenters. The van der Waals surface area contributed by atoms with Crippen molar-refractivity contribution in [2.24, 2.45) is 0 Å². The van der Waals surface area contributed by atoms with Crippen LogP contribution in [0, 0.1) is 13.8 Å². The van der Waals surface area contributed by atoms with Crippen molar-refractivity contribution in [2.45, 2.75) is 20.8 Å². The molecule has 2 aromatic carbocycles. The second kappa shape index (κ2) is 7.98. The third-order valence-electron chi connectivity index (χ3n) is 4.23. The highest BCUT2D eigenvalue weighted by molar-refractivity contribution is 9.10. The molecule has 1 aromatic heterocycles. The number of hydrogen-bond donors (Lipinski definition) is 0. The second-order valence-corrected chi connectivity index (χ2v) is 6.89. The standard InChI is InChI=1S/C21H17BrO6/c1-4-26-21(25)16-15(10-23)27-19-12(3)9-14(18(22)17(16)19)28-20(24)13-8-6-5-7-11(13)2/h5-10H,4H2,1-3H3. The lowest BCUT2D eigenvalue weighted by molar-refractivity contribution is 0.0524. The van der Waals surface area contributed by atoms with E-state index in [1.165, 1.54) is 0 Å². The van der Waals surface area contributed by atoms with E-state index in [0.717, 1.165) is 5.56 Å². The molecular weight excluding hydrogens is 428 g/mol. The fourth-order valence-corrected chi connectivity index (χ4v) is 3.48. The summed E-state index contributed by atoms with van der Waals surface area (Å²) in [6, 6.07) is 8.67. The van der Waals surface area contributed by atoms with Crippen molar-refractivity contribution in [1.82, 2.24) is 0 Å². The molecule has 0 bridgehead atoms. The van der Waals surface area contributed by atoms with Gasteiger partial charge in [0.05, 0.1) is 22.0 Å². The van der Waals surface area contributed by atoms with Gasteiger partial charge in [0.2, 0.25) is 0 Å². The smallest absolute Gasteiger partial charge is 0.343 e. The summed E-state index contributed by atoms with van der Waals surface area (Å²) in [6.45, 7) is 5.34. The summed E-state index contributed by atoms with van der Waals surface area (Å²) in [5.41, 5.74) is 2.14. The van der Waals surface area contributed by atoms with E-state index in [1.807, 2.05) is 19.1 Å². The number of carbonyl (C=O) groups is 3. The lowest BCUT2D eigenvalue weighted by atomic mass is 10.1. The van der Waals surface area contributed by atoms with Crippen LogP contribution in [0.25, 0.3) is 11.0 Å². The molecule has 144 valence electrons. The van der Waals surface area contributed by atoms with Gasteiger partial charge in [0.15, 0.2) is 12.0 Å². The molecule has 0 spiro atoms. The summed E-state index contributed by atoms with van der Waals surface area (Å²) in [5.74, 6) is -1.15. The number of aldehydes is 1. The Kier molecular flexibility index (Phi) is 5.65. The van der Waals surface area contributed by atoms with Crippen molar-refractivity contribution in [1.29, 1.82) is 0 Å². The predicted molar refractivity (Wildman–Crippen MR) is 106 cm³/mol. The van der Waals surface area contributed by atoms with Crippen molar-refractivity contribution in [2.75, 3.05) is 6.61 Å². The monoisotopic (exact) mass is 444 g/mol. The lowest BCUT2D eigenvalue weighted by Crippen LogP contribution is -2.11. The normalized spacial score (nSPS) is 10.7. The summed E-state index contributed by atoms with van der Waals surface area (Å²) in [7, 11) is 0. The van der Waals surface area contributed by atoms with Gasteiger partial charge in [-0.25, -0.2) is 9.59 Å². The first-order valence-corrected chi connectivity index (χ1v) is 9.34. The molecule has 0 unspecified atom stereocenters. The molecule has 0 fully saturated rings. The largest absolute Gasteiger partial charge is 0.462 e. The Morgan fingerprint density at radius 2 is 1.86 bits per heavy atom. The van der Waals surface area contributed by atoms with Crippen LogP contribution >= 0.6 is 15.9 Å². The molecule has 6 nitrogen and oxygen atoms in total. The van der Waals surface area contributed by atoms with Crippen molar-refractivity contribution in [3.05, 3.63) is 62.8 Å². The van der Waals surface area contributed by atoms with Gasteiger partial charge in [0.1, 0.15) is 16.9 Å². The average Bonchev–Trinajstić information content (AvgIpc) is 3.07. The Labute approximate surface area is 169 Å². The maximum atomic E-state index is 12.6. The van der Waals surface area contributed by atoms with Gasteiger partial charge in [-0.15, -0.1) is 0 Å². The molecule has 1 heterocycles. The quantitative estimate of drug-likeness (QED) is 0.312. The highest BCUT2D eigenvalue weighted by atomic mass is 79.9. The fourth-order valence-electron chi connectivity index (χ4n) is 2.90. The van der Waals surface area contributed by atoms with E-state index in [0.29, 0.717) is 32.9 Å². The number of furan rings is 1. The van der Waals surface area contributed by atoms with Crippen LogP contribution in [0.15, 0.2) is 39.2 Å². The zero-order chi connectivity index (χ0) is 20.4. The summed E-state index contributed by atoms with van der Waals surface area (Å²) < 4.78 is 16.5. The number of esters is 2. The minimum absolute atomic E-state index is 0.00406. The Morgan fingerprint density at radius 1 is 1.14 bits per heavy atom. The van der Waals surface area contributed by atoms with E-state index in [2.05, 4.69) is 15.9 Å². The molecule has 0 saturated carbocycles. The first kappa shape index (κ1) is 19.8. The van der Waals surface area contributed by atoms with Crippen molar-refractivity contribution >= 4 is 45.1 Å². The molecule has 0 radical (unpaired) electrons. The first-order valence-electron chi connectivity index (χ1n) is 8.54. The molecule has 3 aromatic rings. The SMILES string of the molecule is CCOC(=O)c1c(C=O)oc2c(C)cc(OC(=O)c3ccccc3C)c(Br)c12. The van der Waals surface area contributed by atoms with Crippen LogP contribution in [0.1, 0.15) is 49.3 Å². The van der Waals surface area contributed by atoms with E-state index < -0.39 is 11.9 Å². The zero-order valence-corrected chi connectivity index (χ0v) is 17.1. The first-order chi connectivity index (χ1) is 13.4. The number of rotatable bonds is 5. The van der Waals surface area contributed by atoms with Crippen molar-refractivity contribution in [3.63, 3.8) is 0 Å². The van der Waals surface area contributed by atoms with Crippen LogP contribution in [-0.4, -0.2) is 24.8 Å². The Morgan fingerprint density at radius 3 is 2.50 bits per heavy atom. The highest BCUT2D eigenvalue weighted by Gasteiger charge is 2.27. The molecule has 0 amide bonds. The van der Waals surface area contributed by atoms with Crippen molar-refractivity contribution in [3.8, 4) is 5.75 Å². The van der Waals surface area contributed by atoms with E-state index >= 15 is 0 Å². The molecule has 28 heavy (non-hydrogen) atoms. The van der Waals surface area contributed by atoms with Gasteiger partial charge in [-0.2, -0.15) is 0 Å². The third-order valence-corrected chi connectivity index (χ3v) is 5.02. The molecule has 0 N–H and O–H groups in total. The second-order valence-electron chi connectivity index (χ2n) is 6.09. The molecule has 0 aliphatic rings. The van der Waals surface area contributed by atoms with Gasteiger partial charge in [0, 0.05) is 0 Å². The van der Waals surface area contributed by atoms with Gasteiger partial charge in [-0.05, 0) is 60.0 Å². The van der Waals surface area contributed by atoms with Crippen LogP contribution in [0.4, 0.5) is 0 Å². The number of benzene rings is 2. The predicted octanol–water partition coefficient (Wildman–Crippen LogP) is 5.02. The van der Waals surface area contributed by atoms with Crippen LogP contribution in [-0.2, 0) is 4.74 Å². The Balaban J connectivity index is 2.15. The van der Waals surface area contributed by atoms with E-state index in [4.69, 9.17) is 13.9 Å². The summed E-state index contributed by atoms with van der Waals surface area (Å²) in [6.07, 6.45) is 0.456. The van der Waals surface area contributed by atoms with Gasteiger partial charge in [-0.1, -0.05) is 18.2 Å². The molecular formula is C21H17BrO6. The van der Waals surface area contributed by atoms with Gasteiger partial charge in [-0.3, -0.25) is 4.79 Å². The number of ether oxygens (including phenoxy) is 2.